The predicted molar refractivity (Wildman–Crippen MR) is 57.5 cm³/mol. The lowest BCUT2D eigenvalue weighted by atomic mass is 10.3. The van der Waals surface area contributed by atoms with Crippen molar-refractivity contribution in [1.82, 2.24) is 0 Å². The monoisotopic (exact) mass is 229 g/mol. The minimum absolute atomic E-state index is 0.138. The lowest BCUT2D eigenvalue weighted by Crippen LogP contribution is -2.23. The molecule has 2 rings (SSSR count). The van der Waals surface area contributed by atoms with Gasteiger partial charge in [0, 0.05) is 17.6 Å². The third kappa shape index (κ3) is 2.12. The highest BCUT2D eigenvalue weighted by Gasteiger charge is 2.20. The number of methoxy groups -OCH3 is 1. The molecule has 0 atom stereocenters. The summed E-state index contributed by atoms with van der Waals surface area (Å²) in [5.74, 6) is 1.22. The summed E-state index contributed by atoms with van der Waals surface area (Å²) in [6.07, 6.45) is 0.911. The fourth-order valence-corrected chi connectivity index (χ4v) is 2.81. The molecule has 3 nitrogen and oxygen atoms in total. The quantitative estimate of drug-likeness (QED) is 0.780. The molecule has 1 aliphatic rings. The van der Waals surface area contributed by atoms with Crippen molar-refractivity contribution >= 4 is 15.4 Å². The second-order valence-electron chi connectivity index (χ2n) is 3.44. The van der Waals surface area contributed by atoms with Gasteiger partial charge in [0.2, 0.25) is 0 Å². The standard InChI is InChI=1S/C10H12FNO2S/c1-14-8-3-4-9(11)10(7-8)12-15(13)5-2-6-15/h3-4,7H,2,5-6H2,1H3. The van der Waals surface area contributed by atoms with E-state index in [0.29, 0.717) is 17.3 Å². The van der Waals surface area contributed by atoms with Crippen molar-refractivity contribution in [3.63, 3.8) is 0 Å². The van der Waals surface area contributed by atoms with Crippen molar-refractivity contribution in [3.8, 4) is 5.75 Å². The lowest BCUT2D eigenvalue weighted by Gasteiger charge is -2.17. The highest BCUT2D eigenvalue weighted by molar-refractivity contribution is 7.95. The Labute approximate surface area is 88.4 Å². The van der Waals surface area contributed by atoms with Crippen LogP contribution in [0.2, 0.25) is 0 Å². The Hall–Kier alpha value is -1.10. The number of nitrogens with zero attached hydrogens (tertiary/aromatic N) is 1. The first-order valence-electron chi connectivity index (χ1n) is 4.69. The fraction of sp³-hybridized carbons (Fsp3) is 0.400. The zero-order chi connectivity index (χ0) is 10.9. The van der Waals surface area contributed by atoms with E-state index in [0.717, 1.165) is 6.42 Å². The molecule has 0 aliphatic carbocycles. The third-order valence-corrected chi connectivity index (χ3v) is 4.73. The van der Waals surface area contributed by atoms with Gasteiger partial charge in [-0.1, -0.05) is 0 Å². The third-order valence-electron chi connectivity index (χ3n) is 2.34. The normalized spacial score (nSPS) is 18.0. The van der Waals surface area contributed by atoms with Crippen molar-refractivity contribution in [1.29, 1.82) is 0 Å². The molecule has 0 unspecified atom stereocenters. The lowest BCUT2D eigenvalue weighted by molar-refractivity contribution is 0.414. The van der Waals surface area contributed by atoms with Gasteiger partial charge in [0.1, 0.15) is 17.3 Å². The Bertz CT molecular complexity index is 482. The van der Waals surface area contributed by atoms with Crippen molar-refractivity contribution < 1.29 is 13.3 Å². The largest absolute Gasteiger partial charge is 0.497 e. The summed E-state index contributed by atoms with van der Waals surface area (Å²) < 4.78 is 34.0. The molecule has 1 fully saturated rings. The van der Waals surface area contributed by atoms with Crippen LogP contribution in [0.4, 0.5) is 10.1 Å². The molecule has 1 heterocycles. The van der Waals surface area contributed by atoms with Gasteiger partial charge in [-0.3, -0.25) is 0 Å². The van der Waals surface area contributed by atoms with E-state index in [1.54, 1.807) is 0 Å². The van der Waals surface area contributed by atoms with Gasteiger partial charge in [-0.05, 0) is 18.6 Å². The number of rotatable bonds is 2. The molecule has 0 aromatic heterocycles. The highest BCUT2D eigenvalue weighted by Crippen LogP contribution is 2.27. The summed E-state index contributed by atoms with van der Waals surface area (Å²) in [7, 11) is -0.660. The van der Waals surface area contributed by atoms with Crippen molar-refractivity contribution in [2.75, 3.05) is 18.6 Å². The maximum atomic E-state index is 13.3. The first kappa shape index (κ1) is 10.4. The van der Waals surface area contributed by atoms with Crippen molar-refractivity contribution in [2.45, 2.75) is 6.42 Å². The molecular formula is C10H12FNO2S. The molecule has 15 heavy (non-hydrogen) atoms. The summed E-state index contributed by atoms with van der Waals surface area (Å²) in [6.45, 7) is 0. The van der Waals surface area contributed by atoms with Crippen LogP contribution in [0.3, 0.4) is 0 Å². The van der Waals surface area contributed by atoms with Gasteiger partial charge < -0.3 is 4.74 Å². The summed E-state index contributed by atoms with van der Waals surface area (Å²) in [5, 5.41) is 0. The molecule has 0 radical (unpaired) electrons. The molecule has 0 N–H and O–H groups in total. The number of halogens is 1. The minimum atomic E-state index is -2.16. The van der Waals surface area contributed by atoms with Crippen LogP contribution in [0, 0.1) is 5.82 Å². The van der Waals surface area contributed by atoms with Gasteiger partial charge in [-0.25, -0.2) is 8.60 Å². The predicted octanol–water partition coefficient (Wildman–Crippen LogP) is 2.34. The fourth-order valence-electron chi connectivity index (χ4n) is 1.35. The van der Waals surface area contributed by atoms with Crippen LogP contribution in [-0.2, 0) is 9.73 Å². The highest BCUT2D eigenvalue weighted by atomic mass is 32.2. The Morgan fingerprint density at radius 3 is 2.73 bits per heavy atom. The molecule has 0 bridgehead atoms. The van der Waals surface area contributed by atoms with Gasteiger partial charge in [0.15, 0.2) is 0 Å². The van der Waals surface area contributed by atoms with E-state index in [9.17, 15) is 8.60 Å². The number of benzene rings is 1. The van der Waals surface area contributed by atoms with Crippen LogP contribution >= 0.6 is 0 Å². The maximum Gasteiger partial charge on any atom is 0.149 e. The van der Waals surface area contributed by atoms with Gasteiger partial charge >= 0.3 is 0 Å². The molecule has 1 aromatic rings. The first-order chi connectivity index (χ1) is 7.13. The maximum absolute atomic E-state index is 13.3. The average Bonchev–Trinajstić information content (AvgIpc) is 2.19. The number of hydrogen-bond donors (Lipinski definition) is 0. The molecule has 1 aliphatic heterocycles. The molecule has 1 aromatic carbocycles. The van der Waals surface area contributed by atoms with Crippen molar-refractivity contribution in [2.24, 2.45) is 4.36 Å². The van der Waals surface area contributed by atoms with Gasteiger partial charge in [-0.15, -0.1) is 0 Å². The molecule has 0 spiro atoms. The SMILES string of the molecule is COc1ccc(F)c(N=S2(=O)CCC2)c1. The summed E-state index contributed by atoms with van der Waals surface area (Å²) >= 11 is 0. The van der Waals surface area contributed by atoms with Crippen LogP contribution in [0.5, 0.6) is 5.75 Å². The van der Waals surface area contributed by atoms with Crippen LogP contribution in [0.1, 0.15) is 6.42 Å². The van der Waals surface area contributed by atoms with Crippen LogP contribution < -0.4 is 4.74 Å². The van der Waals surface area contributed by atoms with Crippen LogP contribution in [0.25, 0.3) is 0 Å². The van der Waals surface area contributed by atoms with E-state index >= 15 is 0 Å². The Morgan fingerprint density at radius 1 is 1.47 bits per heavy atom. The van der Waals surface area contributed by atoms with Crippen molar-refractivity contribution in [3.05, 3.63) is 24.0 Å². The molecule has 0 amide bonds. The molecule has 1 saturated heterocycles. The van der Waals surface area contributed by atoms with Gasteiger partial charge in [0.25, 0.3) is 0 Å². The van der Waals surface area contributed by atoms with Crippen LogP contribution in [-0.4, -0.2) is 22.8 Å². The zero-order valence-corrected chi connectivity index (χ0v) is 9.22. The van der Waals surface area contributed by atoms with Gasteiger partial charge in [-0.2, -0.15) is 4.36 Å². The Morgan fingerprint density at radius 2 is 2.20 bits per heavy atom. The van der Waals surface area contributed by atoms with E-state index in [2.05, 4.69) is 4.36 Å². The van der Waals surface area contributed by atoms with E-state index in [-0.39, 0.29) is 5.69 Å². The summed E-state index contributed by atoms with van der Waals surface area (Å²) in [5.41, 5.74) is 0.138. The molecule has 82 valence electrons. The van der Waals surface area contributed by atoms with Crippen LogP contribution in [0.15, 0.2) is 22.6 Å². The molecule has 5 heteroatoms. The van der Waals surface area contributed by atoms with E-state index < -0.39 is 15.5 Å². The second kappa shape index (κ2) is 3.81. The molecular weight excluding hydrogens is 217 g/mol. The summed E-state index contributed by atoms with van der Waals surface area (Å²) in [4.78, 5) is 0. The van der Waals surface area contributed by atoms with E-state index in [1.807, 2.05) is 0 Å². The Balaban J connectivity index is 2.43. The first-order valence-corrected chi connectivity index (χ1v) is 6.54. The Kier molecular flexibility index (Phi) is 2.65. The molecule has 0 saturated carbocycles. The average molecular weight is 229 g/mol. The van der Waals surface area contributed by atoms with E-state index in [1.165, 1.54) is 25.3 Å². The topological polar surface area (TPSA) is 38.7 Å². The number of hydrogen-bond acceptors (Lipinski definition) is 3. The zero-order valence-electron chi connectivity index (χ0n) is 8.40. The number of ether oxygens (including phenoxy) is 1. The summed E-state index contributed by atoms with van der Waals surface area (Å²) in [6, 6.07) is 4.27. The smallest absolute Gasteiger partial charge is 0.149 e. The minimum Gasteiger partial charge on any atom is -0.497 e. The second-order valence-corrected chi connectivity index (χ2v) is 5.99. The van der Waals surface area contributed by atoms with E-state index in [4.69, 9.17) is 4.74 Å². The van der Waals surface area contributed by atoms with Gasteiger partial charge in [0.05, 0.1) is 16.8 Å².